The summed E-state index contributed by atoms with van der Waals surface area (Å²) in [4.78, 5) is 11.5. The number of hydrogen-bond donors (Lipinski definition) is 3. The molecular weight excluding hydrogens is 224 g/mol. The number of carbonyl (C=O) groups is 1. The average Bonchev–Trinajstić information content (AvgIpc) is 2.74. The van der Waals surface area contributed by atoms with Gasteiger partial charge in [0.05, 0.1) is 13.2 Å². The maximum Gasteiger partial charge on any atom is 0.269 e. The highest BCUT2D eigenvalue weighted by atomic mass is 16.5. The lowest BCUT2D eigenvalue weighted by atomic mass is 10.3. The largest absolute Gasteiger partial charge is 0.382 e. The van der Waals surface area contributed by atoms with Gasteiger partial charge in [-0.3, -0.25) is 9.89 Å². The van der Waals surface area contributed by atoms with Crippen LogP contribution in [0.4, 0.5) is 5.82 Å². The van der Waals surface area contributed by atoms with Crippen molar-refractivity contribution < 1.29 is 14.3 Å². The molecule has 0 bridgehead atoms. The summed E-state index contributed by atoms with van der Waals surface area (Å²) in [7, 11) is 1.62. The molecule has 7 heteroatoms. The molecule has 96 valence electrons. The van der Waals surface area contributed by atoms with Crippen LogP contribution in [0.5, 0.6) is 0 Å². The number of carbonyl (C=O) groups excluding carboxylic acids is 1. The Kier molecular flexibility index (Phi) is 6.05. The van der Waals surface area contributed by atoms with Gasteiger partial charge >= 0.3 is 0 Å². The van der Waals surface area contributed by atoms with Crippen LogP contribution in [0.25, 0.3) is 0 Å². The van der Waals surface area contributed by atoms with Crippen molar-refractivity contribution in [2.24, 2.45) is 0 Å². The van der Waals surface area contributed by atoms with Crippen molar-refractivity contribution >= 4 is 11.7 Å². The van der Waals surface area contributed by atoms with E-state index < -0.39 is 0 Å². The average molecular weight is 242 g/mol. The maximum atomic E-state index is 11.5. The number of nitrogen functional groups attached to an aromatic ring is 1. The van der Waals surface area contributed by atoms with Gasteiger partial charge < -0.3 is 20.5 Å². The number of nitrogens with zero attached hydrogens (tertiary/aromatic N) is 1. The van der Waals surface area contributed by atoms with Crippen LogP contribution in [-0.2, 0) is 9.47 Å². The van der Waals surface area contributed by atoms with E-state index in [4.69, 9.17) is 15.2 Å². The van der Waals surface area contributed by atoms with Gasteiger partial charge in [-0.25, -0.2) is 0 Å². The van der Waals surface area contributed by atoms with Crippen molar-refractivity contribution in [3.8, 4) is 0 Å². The molecule has 0 saturated carbocycles. The number of amides is 1. The quantitative estimate of drug-likeness (QED) is 0.547. The number of aromatic nitrogens is 2. The van der Waals surface area contributed by atoms with E-state index in [1.165, 1.54) is 6.07 Å². The molecule has 4 N–H and O–H groups in total. The Morgan fingerprint density at radius 1 is 1.53 bits per heavy atom. The Morgan fingerprint density at radius 2 is 2.35 bits per heavy atom. The molecule has 0 atom stereocenters. The van der Waals surface area contributed by atoms with Gasteiger partial charge in [-0.05, 0) is 6.42 Å². The second-order valence-electron chi connectivity index (χ2n) is 3.42. The molecule has 0 aromatic carbocycles. The van der Waals surface area contributed by atoms with Gasteiger partial charge in [-0.1, -0.05) is 0 Å². The molecule has 0 saturated heterocycles. The topological polar surface area (TPSA) is 102 Å². The van der Waals surface area contributed by atoms with Gasteiger partial charge in [-0.2, -0.15) is 5.10 Å². The van der Waals surface area contributed by atoms with Gasteiger partial charge in [-0.15, -0.1) is 0 Å². The van der Waals surface area contributed by atoms with Crippen LogP contribution >= 0.6 is 0 Å². The van der Waals surface area contributed by atoms with Crippen LogP contribution in [0.1, 0.15) is 16.9 Å². The summed E-state index contributed by atoms with van der Waals surface area (Å²) in [5.74, 6) is 0.0872. The third-order valence-electron chi connectivity index (χ3n) is 2.03. The zero-order valence-electron chi connectivity index (χ0n) is 9.86. The van der Waals surface area contributed by atoms with Crippen LogP contribution in [-0.4, -0.2) is 49.6 Å². The molecule has 1 heterocycles. The molecule has 1 aromatic heterocycles. The van der Waals surface area contributed by atoms with E-state index in [1.807, 2.05) is 0 Å². The van der Waals surface area contributed by atoms with Crippen molar-refractivity contribution in [1.82, 2.24) is 15.5 Å². The molecule has 7 nitrogen and oxygen atoms in total. The third kappa shape index (κ3) is 5.32. The molecule has 0 spiro atoms. The van der Waals surface area contributed by atoms with Crippen molar-refractivity contribution in [2.75, 3.05) is 39.2 Å². The number of H-pyrrole nitrogens is 1. The second-order valence-corrected chi connectivity index (χ2v) is 3.42. The molecule has 1 rings (SSSR count). The minimum Gasteiger partial charge on any atom is -0.382 e. The number of methoxy groups -OCH3 is 1. The number of hydrogen-bond acceptors (Lipinski definition) is 5. The van der Waals surface area contributed by atoms with E-state index in [9.17, 15) is 4.79 Å². The summed E-state index contributed by atoms with van der Waals surface area (Å²) < 4.78 is 10.1. The molecule has 0 radical (unpaired) electrons. The number of ether oxygens (including phenoxy) is 2. The number of nitrogens with two attached hydrogens (primary N) is 1. The Bertz CT molecular complexity index is 340. The van der Waals surface area contributed by atoms with E-state index in [-0.39, 0.29) is 5.91 Å². The molecule has 1 aromatic rings. The number of aromatic amines is 1. The number of anilines is 1. The Hall–Kier alpha value is -1.60. The molecular formula is C10H18N4O3. The molecule has 0 aliphatic carbocycles. The van der Waals surface area contributed by atoms with Crippen LogP contribution < -0.4 is 11.1 Å². The summed E-state index contributed by atoms with van der Waals surface area (Å²) >= 11 is 0. The van der Waals surface area contributed by atoms with E-state index in [0.29, 0.717) is 37.9 Å². The van der Waals surface area contributed by atoms with E-state index >= 15 is 0 Å². The minimum absolute atomic E-state index is 0.217. The lowest BCUT2D eigenvalue weighted by Gasteiger charge is -2.04. The summed E-state index contributed by atoms with van der Waals surface area (Å²) in [6.45, 7) is 2.29. The van der Waals surface area contributed by atoms with Crippen molar-refractivity contribution in [2.45, 2.75) is 6.42 Å². The molecule has 0 aliphatic heterocycles. The Labute approximate surface area is 99.7 Å². The van der Waals surface area contributed by atoms with Crippen molar-refractivity contribution in [1.29, 1.82) is 0 Å². The van der Waals surface area contributed by atoms with Gasteiger partial charge in [0.2, 0.25) is 0 Å². The zero-order valence-corrected chi connectivity index (χ0v) is 9.86. The fraction of sp³-hybridized carbons (Fsp3) is 0.600. The van der Waals surface area contributed by atoms with Gasteiger partial charge in [0.15, 0.2) is 0 Å². The van der Waals surface area contributed by atoms with Gasteiger partial charge in [0, 0.05) is 26.3 Å². The lowest BCUT2D eigenvalue weighted by molar-refractivity contribution is 0.0688. The first-order valence-corrected chi connectivity index (χ1v) is 5.40. The first-order chi connectivity index (χ1) is 8.24. The molecule has 0 fully saturated rings. The smallest absolute Gasteiger partial charge is 0.269 e. The predicted molar refractivity (Wildman–Crippen MR) is 62.6 cm³/mol. The SMILES string of the molecule is COCCOCCCNC(=O)c1cc(N)n[nH]1. The fourth-order valence-corrected chi connectivity index (χ4v) is 1.17. The lowest BCUT2D eigenvalue weighted by Crippen LogP contribution is -2.25. The molecule has 1 amide bonds. The van der Waals surface area contributed by atoms with Crippen molar-refractivity contribution in [3.05, 3.63) is 11.8 Å². The minimum atomic E-state index is -0.217. The normalized spacial score (nSPS) is 10.4. The predicted octanol–water partition coefficient (Wildman–Crippen LogP) is -0.225. The van der Waals surface area contributed by atoms with Crippen LogP contribution in [0, 0.1) is 0 Å². The van der Waals surface area contributed by atoms with Crippen molar-refractivity contribution in [3.63, 3.8) is 0 Å². The third-order valence-corrected chi connectivity index (χ3v) is 2.03. The second kappa shape index (κ2) is 7.64. The zero-order chi connectivity index (χ0) is 12.5. The Morgan fingerprint density at radius 3 is 3.00 bits per heavy atom. The standard InChI is InChI=1S/C10H18N4O3/c1-16-5-6-17-4-2-3-12-10(15)8-7-9(11)14-13-8/h7H,2-6H2,1H3,(H,12,15)(H3,11,13,14). The fourth-order valence-electron chi connectivity index (χ4n) is 1.17. The molecule has 0 unspecified atom stereocenters. The van der Waals surface area contributed by atoms with Gasteiger partial charge in [0.1, 0.15) is 11.5 Å². The van der Waals surface area contributed by atoms with Crippen LogP contribution in [0.15, 0.2) is 6.07 Å². The first kappa shape index (κ1) is 13.5. The summed E-state index contributed by atoms with van der Waals surface area (Å²) in [5, 5.41) is 8.93. The molecule has 0 aliphatic rings. The highest BCUT2D eigenvalue weighted by Gasteiger charge is 2.07. The Balaban J connectivity index is 2.05. The van der Waals surface area contributed by atoms with Crippen LogP contribution in [0.2, 0.25) is 0 Å². The monoisotopic (exact) mass is 242 g/mol. The number of rotatable bonds is 8. The summed E-state index contributed by atoms with van der Waals surface area (Å²) in [6.07, 6.45) is 0.749. The summed E-state index contributed by atoms with van der Waals surface area (Å²) in [6, 6.07) is 1.49. The highest BCUT2D eigenvalue weighted by molar-refractivity contribution is 5.92. The summed E-state index contributed by atoms with van der Waals surface area (Å²) in [5.41, 5.74) is 5.75. The first-order valence-electron chi connectivity index (χ1n) is 5.40. The maximum absolute atomic E-state index is 11.5. The van der Waals surface area contributed by atoms with E-state index in [0.717, 1.165) is 6.42 Å². The number of nitrogens with one attached hydrogen (secondary N) is 2. The highest BCUT2D eigenvalue weighted by Crippen LogP contribution is 1.99. The van der Waals surface area contributed by atoms with Gasteiger partial charge in [0.25, 0.3) is 5.91 Å². The van der Waals surface area contributed by atoms with E-state index in [2.05, 4.69) is 15.5 Å². The van der Waals surface area contributed by atoms with E-state index in [1.54, 1.807) is 7.11 Å². The van der Waals surface area contributed by atoms with Crippen LogP contribution in [0.3, 0.4) is 0 Å². The molecule has 17 heavy (non-hydrogen) atoms.